The summed E-state index contributed by atoms with van der Waals surface area (Å²) in [4.78, 5) is 44.0. The molecule has 0 radical (unpaired) electrons. The van der Waals surface area contributed by atoms with Crippen LogP contribution in [0.15, 0.2) is 188 Å². The normalized spacial score (nSPS) is 11.6. The Labute approximate surface area is 414 Å². The number of aromatic nitrogens is 11. The zero-order valence-electron chi connectivity index (χ0n) is 39.8. The van der Waals surface area contributed by atoms with Gasteiger partial charge >= 0.3 is 0 Å². The first-order valence-corrected chi connectivity index (χ1v) is 23.9. The van der Waals surface area contributed by atoms with Crippen LogP contribution >= 0.6 is 0 Å². The van der Waals surface area contributed by atoms with E-state index < -0.39 is 0 Å². The third kappa shape index (κ3) is 7.34. The van der Waals surface area contributed by atoms with Crippen molar-refractivity contribution in [1.29, 1.82) is 0 Å². The first-order valence-electron chi connectivity index (χ1n) is 23.9. The van der Waals surface area contributed by atoms with Crippen LogP contribution in [0.3, 0.4) is 0 Å². The van der Waals surface area contributed by atoms with Gasteiger partial charge in [-0.3, -0.25) is 0 Å². The molecule has 0 bridgehead atoms. The molecule has 8 aromatic carbocycles. The number of nitrogens with zero attached hydrogens (tertiary/aromatic N) is 11. The molecule has 0 spiro atoms. The van der Waals surface area contributed by atoms with E-state index in [0.717, 1.165) is 88.5 Å². The van der Waals surface area contributed by atoms with Gasteiger partial charge in [0.2, 0.25) is 0 Å². The van der Waals surface area contributed by atoms with Crippen LogP contribution in [-0.4, -0.2) is 54.0 Å². The quantitative estimate of drug-likeness (QED) is 0.146. The summed E-state index contributed by atoms with van der Waals surface area (Å²) in [6.07, 6.45) is 0. The number of aryl methyl sites for hydroxylation is 4. The molecule has 0 amide bonds. The summed E-state index contributed by atoms with van der Waals surface area (Å²) in [5.74, 6) is 5.55. The van der Waals surface area contributed by atoms with E-state index in [9.17, 15) is 0 Å². The Hall–Kier alpha value is -9.61. The molecule has 13 aromatic rings. The van der Waals surface area contributed by atoms with Gasteiger partial charge in [-0.2, -0.15) is 0 Å². The van der Waals surface area contributed by atoms with Crippen LogP contribution in [0.1, 0.15) is 23.3 Å². The van der Waals surface area contributed by atoms with Crippen LogP contribution in [-0.2, 0) is 0 Å². The molecule has 11 nitrogen and oxygen atoms in total. The maximum Gasteiger partial charge on any atom is 0.166 e. The fourth-order valence-electron chi connectivity index (χ4n) is 10.2. The average molecular weight is 930 g/mol. The molecule has 72 heavy (non-hydrogen) atoms. The lowest BCUT2D eigenvalue weighted by Gasteiger charge is -2.17. The van der Waals surface area contributed by atoms with Crippen molar-refractivity contribution in [3.8, 4) is 79.4 Å². The van der Waals surface area contributed by atoms with Gasteiger partial charge in [-0.1, -0.05) is 121 Å². The average Bonchev–Trinajstić information content (AvgIpc) is 3.93. The Morgan fingerprint density at radius 2 is 0.736 bits per heavy atom. The summed E-state index contributed by atoms with van der Waals surface area (Å²) in [5.41, 5.74) is 12.6. The third-order valence-corrected chi connectivity index (χ3v) is 13.2. The van der Waals surface area contributed by atoms with E-state index in [1.165, 1.54) is 5.39 Å². The van der Waals surface area contributed by atoms with E-state index in [1.807, 2.05) is 88.4 Å². The fourth-order valence-corrected chi connectivity index (χ4v) is 10.2. The highest BCUT2D eigenvalue weighted by molar-refractivity contribution is 6.15. The van der Waals surface area contributed by atoms with Crippen LogP contribution in [0.4, 0.5) is 0 Å². The van der Waals surface area contributed by atoms with E-state index in [2.05, 4.69) is 146 Å². The lowest BCUT2D eigenvalue weighted by Crippen LogP contribution is -2.04. The van der Waals surface area contributed by atoms with E-state index in [1.54, 1.807) is 0 Å². The molecule has 0 N–H and O–H groups in total. The number of benzene rings is 8. The summed E-state index contributed by atoms with van der Waals surface area (Å²) in [5, 5.41) is 4.35. The van der Waals surface area contributed by atoms with Crippen molar-refractivity contribution in [2.24, 2.45) is 0 Å². The van der Waals surface area contributed by atoms with Gasteiger partial charge in [0.1, 0.15) is 23.3 Å². The summed E-state index contributed by atoms with van der Waals surface area (Å²) in [6, 6.07) is 65.6. The van der Waals surface area contributed by atoms with Crippen LogP contribution in [0.25, 0.3) is 123 Å². The highest BCUT2D eigenvalue weighted by Crippen LogP contribution is 2.43. The molecular formula is C61H43N11. The summed E-state index contributed by atoms with van der Waals surface area (Å²) in [7, 11) is 0. The van der Waals surface area contributed by atoms with E-state index in [-0.39, 0.29) is 0 Å². The summed E-state index contributed by atoms with van der Waals surface area (Å²) in [6.45, 7) is 7.59. The van der Waals surface area contributed by atoms with Gasteiger partial charge in [0.15, 0.2) is 29.1 Å². The Morgan fingerprint density at radius 3 is 1.31 bits per heavy atom. The predicted molar refractivity (Wildman–Crippen MR) is 287 cm³/mol. The molecular weight excluding hydrogens is 887 g/mol. The second-order valence-electron chi connectivity index (χ2n) is 18.0. The highest BCUT2D eigenvalue weighted by Gasteiger charge is 2.24. The van der Waals surface area contributed by atoms with Crippen LogP contribution in [0.2, 0.25) is 0 Å². The molecule has 0 atom stereocenters. The number of hydrogen-bond acceptors (Lipinski definition) is 9. The van der Waals surface area contributed by atoms with Gasteiger partial charge in [0.25, 0.3) is 0 Å². The second-order valence-corrected chi connectivity index (χ2v) is 18.0. The van der Waals surface area contributed by atoms with Crippen molar-refractivity contribution in [3.05, 3.63) is 211 Å². The molecule has 342 valence electrons. The van der Waals surface area contributed by atoms with Crippen molar-refractivity contribution in [3.63, 3.8) is 0 Å². The molecule has 5 aromatic heterocycles. The molecule has 0 aliphatic carbocycles. The smallest absolute Gasteiger partial charge is 0.166 e. The second kappa shape index (κ2) is 17.1. The fraction of sp³-hybridized carbons (Fsp3) is 0.0656. The van der Waals surface area contributed by atoms with Crippen molar-refractivity contribution in [1.82, 2.24) is 54.0 Å². The SMILES string of the molecule is Cc1nc(C)nc(-c2ccc3c(c2)c2cc(-c4nc(C)nc(C)n4)ccc2n3-c2ccc(-c3cccc4c5ccccc5n(-c5ccccc5)c34)cc2-c2nc(-c3ccccc3)nc(-c3ccccc3)n2)n1. The Balaban J connectivity index is 1.13. The monoisotopic (exact) mass is 929 g/mol. The van der Waals surface area contributed by atoms with Crippen LogP contribution < -0.4 is 0 Å². The molecule has 11 heteroatoms. The van der Waals surface area contributed by atoms with E-state index in [0.29, 0.717) is 52.4 Å². The minimum atomic E-state index is 0.533. The lowest BCUT2D eigenvalue weighted by molar-refractivity contribution is 0.928. The maximum absolute atomic E-state index is 5.38. The van der Waals surface area contributed by atoms with Gasteiger partial charge in [-0.25, -0.2) is 44.9 Å². The molecule has 0 aliphatic rings. The largest absolute Gasteiger partial charge is 0.309 e. The lowest BCUT2D eigenvalue weighted by atomic mass is 9.98. The molecule has 0 saturated carbocycles. The number of hydrogen-bond donors (Lipinski definition) is 0. The number of rotatable bonds is 8. The van der Waals surface area contributed by atoms with Crippen molar-refractivity contribution in [2.75, 3.05) is 0 Å². The van der Waals surface area contributed by atoms with Crippen molar-refractivity contribution >= 4 is 43.6 Å². The van der Waals surface area contributed by atoms with E-state index >= 15 is 0 Å². The summed E-state index contributed by atoms with van der Waals surface area (Å²) >= 11 is 0. The van der Waals surface area contributed by atoms with Gasteiger partial charge in [0.05, 0.1) is 27.8 Å². The van der Waals surface area contributed by atoms with E-state index in [4.69, 9.17) is 34.9 Å². The van der Waals surface area contributed by atoms with Crippen molar-refractivity contribution in [2.45, 2.75) is 27.7 Å². The Kier molecular flexibility index (Phi) is 10.1. The first kappa shape index (κ1) is 42.5. The maximum atomic E-state index is 5.38. The molecule has 0 unspecified atom stereocenters. The topological polar surface area (TPSA) is 126 Å². The zero-order valence-corrected chi connectivity index (χ0v) is 39.8. The van der Waals surface area contributed by atoms with Gasteiger partial charge < -0.3 is 9.13 Å². The van der Waals surface area contributed by atoms with Gasteiger partial charge in [0, 0.05) is 60.6 Å². The molecule has 5 heterocycles. The van der Waals surface area contributed by atoms with Crippen LogP contribution in [0.5, 0.6) is 0 Å². The van der Waals surface area contributed by atoms with Gasteiger partial charge in [-0.15, -0.1) is 0 Å². The van der Waals surface area contributed by atoms with Gasteiger partial charge in [-0.05, 0) is 100.0 Å². The predicted octanol–water partition coefficient (Wildman–Crippen LogP) is 13.7. The standard InChI is InChI=1S/C61H43N11/c1-36-62-37(2)65-59(64-36)43-28-31-53-49(34-43)50-35-44(60-66-38(3)63-39(4)67-60)29-32-54(50)72(53)55-30-27-42(46-24-16-25-48-47-23-14-15-26-52(47)71(56(46)48)45-21-12-7-13-22-45)33-51(55)61-69-57(40-17-8-5-9-18-40)68-58(70-61)41-19-10-6-11-20-41/h5-35H,1-4H3. The van der Waals surface area contributed by atoms with Crippen LogP contribution in [0, 0.1) is 27.7 Å². The highest BCUT2D eigenvalue weighted by atomic mass is 15.1. The minimum Gasteiger partial charge on any atom is -0.309 e. The molecule has 0 fully saturated rings. The number of para-hydroxylation sites is 3. The Bertz CT molecular complexity index is 4050. The minimum absolute atomic E-state index is 0.533. The Morgan fingerprint density at radius 1 is 0.278 bits per heavy atom. The third-order valence-electron chi connectivity index (χ3n) is 13.2. The van der Waals surface area contributed by atoms with Crippen molar-refractivity contribution < 1.29 is 0 Å². The molecule has 0 saturated heterocycles. The number of fused-ring (bicyclic) bond motifs is 6. The molecule has 13 rings (SSSR count). The summed E-state index contributed by atoms with van der Waals surface area (Å²) < 4.78 is 4.70. The molecule has 0 aliphatic heterocycles. The first-order chi connectivity index (χ1) is 35.3. The zero-order chi connectivity index (χ0) is 48.5.